The Kier molecular flexibility index (Phi) is 2.90. The highest BCUT2D eigenvalue weighted by Gasteiger charge is 1.92. The van der Waals surface area contributed by atoms with Crippen molar-refractivity contribution in [3.05, 3.63) is 24.2 Å². The zero-order valence-electron chi connectivity index (χ0n) is 6.95. The molecule has 2 heteroatoms. The molecular weight excluding hydrogens is 138 g/mol. The third kappa shape index (κ3) is 2.58. The highest BCUT2D eigenvalue weighted by Crippen LogP contribution is 1.98. The fourth-order valence-electron chi connectivity index (χ4n) is 0.671. The predicted octanol–water partition coefficient (Wildman–Crippen LogP) is 2.50. The van der Waals surface area contributed by atoms with Crippen LogP contribution in [-0.2, 0) is 0 Å². The van der Waals surface area contributed by atoms with Crippen molar-refractivity contribution in [2.75, 3.05) is 0 Å². The second-order valence-electron chi connectivity index (χ2n) is 2.55. The first-order valence-electron chi connectivity index (χ1n) is 3.89. The Balaban J connectivity index is 2.48. The van der Waals surface area contributed by atoms with E-state index in [9.17, 15) is 0 Å². The van der Waals surface area contributed by atoms with Crippen LogP contribution in [0.25, 0.3) is 0 Å². The molecule has 0 saturated heterocycles. The van der Waals surface area contributed by atoms with E-state index in [-0.39, 0.29) is 0 Å². The SMILES string of the molecule is CC[C@H](C)N=Cc1ccco1. The monoisotopic (exact) mass is 151 g/mol. The summed E-state index contributed by atoms with van der Waals surface area (Å²) in [5.74, 6) is 0.824. The first-order valence-corrected chi connectivity index (χ1v) is 3.89. The number of hydrogen-bond acceptors (Lipinski definition) is 2. The number of rotatable bonds is 3. The van der Waals surface area contributed by atoms with Crippen LogP contribution >= 0.6 is 0 Å². The fraction of sp³-hybridized carbons (Fsp3) is 0.444. The Labute approximate surface area is 66.9 Å². The summed E-state index contributed by atoms with van der Waals surface area (Å²) in [5.41, 5.74) is 0. The van der Waals surface area contributed by atoms with Crippen molar-refractivity contribution in [3.8, 4) is 0 Å². The minimum atomic E-state index is 0.389. The summed E-state index contributed by atoms with van der Waals surface area (Å²) in [5, 5.41) is 0. The molecule has 0 bridgehead atoms. The van der Waals surface area contributed by atoms with Gasteiger partial charge in [-0.25, -0.2) is 0 Å². The van der Waals surface area contributed by atoms with Crippen molar-refractivity contribution in [1.29, 1.82) is 0 Å². The molecule has 60 valence electrons. The maximum Gasteiger partial charge on any atom is 0.144 e. The second-order valence-corrected chi connectivity index (χ2v) is 2.55. The summed E-state index contributed by atoms with van der Waals surface area (Å²) in [6.07, 6.45) is 4.49. The van der Waals surface area contributed by atoms with Crippen LogP contribution in [0, 0.1) is 0 Å². The van der Waals surface area contributed by atoms with Crippen molar-refractivity contribution in [1.82, 2.24) is 0 Å². The van der Waals surface area contributed by atoms with Crippen molar-refractivity contribution < 1.29 is 4.42 Å². The van der Waals surface area contributed by atoms with Crippen LogP contribution in [0.5, 0.6) is 0 Å². The normalized spacial score (nSPS) is 14.0. The molecule has 0 saturated carbocycles. The topological polar surface area (TPSA) is 25.5 Å². The van der Waals surface area contributed by atoms with Gasteiger partial charge >= 0.3 is 0 Å². The molecule has 0 spiro atoms. The molecule has 1 heterocycles. The molecule has 2 nitrogen and oxygen atoms in total. The summed E-state index contributed by atoms with van der Waals surface area (Å²) in [6, 6.07) is 4.14. The summed E-state index contributed by atoms with van der Waals surface area (Å²) in [6.45, 7) is 4.20. The average Bonchev–Trinajstić information content (AvgIpc) is 2.52. The van der Waals surface area contributed by atoms with Crippen LogP contribution in [0.3, 0.4) is 0 Å². The maximum absolute atomic E-state index is 5.08. The second kappa shape index (κ2) is 3.96. The molecule has 0 aliphatic carbocycles. The van der Waals surface area contributed by atoms with Gasteiger partial charge in [0.05, 0.1) is 12.5 Å². The van der Waals surface area contributed by atoms with E-state index in [2.05, 4.69) is 18.8 Å². The van der Waals surface area contributed by atoms with Crippen LogP contribution in [-0.4, -0.2) is 12.3 Å². The highest BCUT2D eigenvalue weighted by atomic mass is 16.3. The van der Waals surface area contributed by atoms with Gasteiger partial charge in [0.15, 0.2) is 0 Å². The van der Waals surface area contributed by atoms with E-state index >= 15 is 0 Å². The molecule has 1 aromatic rings. The number of furan rings is 1. The van der Waals surface area contributed by atoms with Crippen molar-refractivity contribution >= 4 is 6.21 Å². The first-order chi connectivity index (χ1) is 5.33. The van der Waals surface area contributed by atoms with E-state index in [0.717, 1.165) is 12.2 Å². The van der Waals surface area contributed by atoms with Crippen molar-refractivity contribution in [2.24, 2.45) is 4.99 Å². The summed E-state index contributed by atoms with van der Waals surface area (Å²) >= 11 is 0. The number of hydrogen-bond donors (Lipinski definition) is 0. The lowest BCUT2D eigenvalue weighted by Gasteiger charge is -1.97. The Morgan fingerprint density at radius 3 is 3.09 bits per heavy atom. The van der Waals surface area contributed by atoms with Gasteiger partial charge < -0.3 is 4.42 Å². The van der Waals surface area contributed by atoms with Gasteiger partial charge in [-0.1, -0.05) is 6.92 Å². The third-order valence-corrected chi connectivity index (χ3v) is 1.59. The zero-order valence-corrected chi connectivity index (χ0v) is 6.95. The molecule has 0 amide bonds. The van der Waals surface area contributed by atoms with E-state index in [1.165, 1.54) is 0 Å². The van der Waals surface area contributed by atoms with E-state index in [1.54, 1.807) is 12.5 Å². The summed E-state index contributed by atoms with van der Waals surface area (Å²) in [7, 11) is 0. The quantitative estimate of drug-likeness (QED) is 0.609. The molecule has 0 radical (unpaired) electrons. The Hall–Kier alpha value is -1.05. The predicted molar refractivity (Wildman–Crippen MR) is 46.1 cm³/mol. The third-order valence-electron chi connectivity index (χ3n) is 1.59. The van der Waals surface area contributed by atoms with E-state index in [1.807, 2.05) is 12.1 Å². The molecule has 0 unspecified atom stereocenters. The molecule has 0 fully saturated rings. The van der Waals surface area contributed by atoms with Crippen LogP contribution in [0.1, 0.15) is 26.0 Å². The van der Waals surface area contributed by atoms with Crippen LogP contribution < -0.4 is 0 Å². The average molecular weight is 151 g/mol. The lowest BCUT2D eigenvalue weighted by molar-refractivity contribution is 0.559. The van der Waals surface area contributed by atoms with Crippen LogP contribution in [0.2, 0.25) is 0 Å². The lowest BCUT2D eigenvalue weighted by atomic mass is 10.3. The van der Waals surface area contributed by atoms with Gasteiger partial charge in [0.2, 0.25) is 0 Å². The smallest absolute Gasteiger partial charge is 0.144 e. The van der Waals surface area contributed by atoms with E-state index in [4.69, 9.17) is 4.42 Å². The largest absolute Gasteiger partial charge is 0.463 e. The summed E-state index contributed by atoms with van der Waals surface area (Å²) in [4.78, 5) is 4.27. The molecule has 0 N–H and O–H groups in total. The fourth-order valence-corrected chi connectivity index (χ4v) is 0.671. The Morgan fingerprint density at radius 2 is 2.55 bits per heavy atom. The number of aliphatic imine (C=N–C) groups is 1. The highest BCUT2D eigenvalue weighted by molar-refractivity contribution is 5.75. The van der Waals surface area contributed by atoms with Gasteiger partial charge in [-0.15, -0.1) is 0 Å². The molecule has 0 aromatic carbocycles. The molecule has 0 aliphatic heterocycles. The molecule has 1 atom stereocenters. The van der Waals surface area contributed by atoms with Crippen molar-refractivity contribution in [3.63, 3.8) is 0 Å². The van der Waals surface area contributed by atoms with Crippen LogP contribution in [0.15, 0.2) is 27.8 Å². The minimum absolute atomic E-state index is 0.389. The first kappa shape index (κ1) is 8.05. The van der Waals surface area contributed by atoms with Gasteiger partial charge in [0, 0.05) is 6.04 Å². The Morgan fingerprint density at radius 1 is 1.73 bits per heavy atom. The molecule has 1 aromatic heterocycles. The van der Waals surface area contributed by atoms with E-state index in [0.29, 0.717) is 6.04 Å². The van der Waals surface area contributed by atoms with Crippen LogP contribution in [0.4, 0.5) is 0 Å². The van der Waals surface area contributed by atoms with Crippen molar-refractivity contribution in [2.45, 2.75) is 26.3 Å². The van der Waals surface area contributed by atoms with E-state index < -0.39 is 0 Å². The van der Waals surface area contributed by atoms with Gasteiger partial charge in [0.25, 0.3) is 0 Å². The van der Waals surface area contributed by atoms with Gasteiger partial charge in [-0.3, -0.25) is 4.99 Å². The molecule has 11 heavy (non-hydrogen) atoms. The van der Waals surface area contributed by atoms with Gasteiger partial charge in [-0.05, 0) is 25.5 Å². The van der Waals surface area contributed by atoms with Gasteiger partial charge in [-0.2, -0.15) is 0 Å². The standard InChI is InChI=1S/C9H13NO/c1-3-8(2)10-7-9-5-4-6-11-9/h4-8H,3H2,1-2H3/t8-/m0/s1. The molecule has 1 rings (SSSR count). The minimum Gasteiger partial charge on any atom is -0.463 e. The Bertz CT molecular complexity index is 213. The maximum atomic E-state index is 5.08. The number of nitrogens with zero attached hydrogens (tertiary/aromatic N) is 1. The zero-order chi connectivity index (χ0) is 8.10. The summed E-state index contributed by atoms with van der Waals surface area (Å²) < 4.78 is 5.08. The molecular formula is C9H13NO. The lowest BCUT2D eigenvalue weighted by Crippen LogP contribution is -1.94. The van der Waals surface area contributed by atoms with Gasteiger partial charge in [0.1, 0.15) is 5.76 Å². The molecule has 0 aliphatic rings.